The van der Waals surface area contributed by atoms with Gasteiger partial charge in [0.15, 0.2) is 0 Å². The van der Waals surface area contributed by atoms with E-state index < -0.39 is 54.5 Å². The van der Waals surface area contributed by atoms with Crippen LogP contribution >= 0.6 is 23.2 Å². The van der Waals surface area contributed by atoms with E-state index in [1.807, 2.05) is 0 Å². The van der Waals surface area contributed by atoms with E-state index in [0.717, 1.165) is 0 Å². The minimum atomic E-state index is -1.47. The topological polar surface area (TPSA) is 34.1 Å². The van der Waals surface area contributed by atoms with Crippen molar-refractivity contribution in [2.45, 2.75) is 0 Å². The van der Waals surface area contributed by atoms with Crippen LogP contribution in [0.5, 0.6) is 0 Å². The number of hydrogen-bond donors (Lipinski definition) is 0. The van der Waals surface area contributed by atoms with Gasteiger partial charge in [0.1, 0.15) is 0 Å². The summed E-state index contributed by atoms with van der Waals surface area (Å²) in [5.41, 5.74) is 0. The summed E-state index contributed by atoms with van der Waals surface area (Å²) in [5.74, 6) is 0. The fraction of sp³-hybridized carbons (Fsp3) is 0. The van der Waals surface area contributed by atoms with E-state index in [1.165, 1.54) is 26.1 Å². The molecule has 0 radical (unpaired) electrons. The van der Waals surface area contributed by atoms with E-state index in [0.29, 0.717) is 0 Å². The Kier molecular flexibility index (Phi) is 15.1. The molecule has 0 aliphatic carbocycles. The molecule has 45 heavy (non-hydrogen) atoms. The second-order valence-corrected chi connectivity index (χ2v) is 23.6. The summed E-state index contributed by atoms with van der Waals surface area (Å²) in [5, 5.41) is 0. The van der Waals surface area contributed by atoms with Gasteiger partial charge < -0.3 is 0 Å². The van der Waals surface area contributed by atoms with Crippen molar-refractivity contribution in [1.82, 2.24) is 0 Å². The first-order valence-corrected chi connectivity index (χ1v) is 22.9. The van der Waals surface area contributed by atoms with Crippen LogP contribution in [0.25, 0.3) is 0 Å². The van der Waals surface area contributed by atoms with Gasteiger partial charge in [0, 0.05) is 0 Å². The molecule has 7 heteroatoms. The fourth-order valence-electron chi connectivity index (χ4n) is 4.41. The molecule has 0 saturated heterocycles. The number of carbonyl (C=O) groups excluding carboxylic acids is 2. The summed E-state index contributed by atoms with van der Waals surface area (Å²) >= 11 is 5.34. The Labute approximate surface area is 292 Å². The van der Waals surface area contributed by atoms with Gasteiger partial charge in [-0.3, -0.25) is 0 Å². The Bertz CT molecular complexity index is 1390. The number of benzene rings is 6. The van der Waals surface area contributed by atoms with E-state index in [4.69, 9.17) is 23.2 Å². The Morgan fingerprint density at radius 3 is 0.600 bits per heavy atom. The SMILES string of the molecule is O=[C](Cl)[IrH][C](=O)Cl.c1ccc([As](c2ccccc2)c2ccccc2)cc1.c1ccc([As](c2ccccc2)c2ccccc2)cc1. The van der Waals surface area contributed by atoms with E-state index in [2.05, 4.69) is 182 Å². The molecule has 0 aliphatic rings. The third-order valence-corrected chi connectivity index (χ3v) is 18.6. The molecule has 0 atom stereocenters. The maximum atomic E-state index is 9.78. The van der Waals surface area contributed by atoms with Gasteiger partial charge in [0.2, 0.25) is 0 Å². The fourth-order valence-corrected chi connectivity index (χ4v) is 15.8. The standard InChI is InChI=1S/2C18H15As.2CClO.Ir.H/c2*1-4-10-16(11-5-1)19(17-12-6-2-7-13-17)18-14-8-3-9-15-18;2*2-1-3;;/h2*1-15H;;;;. The van der Waals surface area contributed by atoms with Crippen molar-refractivity contribution < 1.29 is 27.3 Å². The maximum absolute atomic E-state index is 9.78. The normalized spacial score (nSPS) is 10.3. The molecular weight excluding hydrogens is 901 g/mol. The molecule has 0 aliphatic heterocycles. The van der Waals surface area contributed by atoms with Crippen molar-refractivity contribution in [3.63, 3.8) is 0 Å². The average molecular weight is 933 g/mol. The van der Waals surface area contributed by atoms with Crippen molar-refractivity contribution in [2.75, 3.05) is 0 Å². The third-order valence-electron chi connectivity index (χ3n) is 6.23. The van der Waals surface area contributed by atoms with E-state index in [-0.39, 0.29) is 0 Å². The van der Waals surface area contributed by atoms with Crippen LogP contribution in [0.1, 0.15) is 0 Å². The van der Waals surface area contributed by atoms with Crippen molar-refractivity contribution in [1.29, 1.82) is 0 Å². The van der Waals surface area contributed by atoms with E-state index in [9.17, 15) is 9.59 Å². The second kappa shape index (κ2) is 19.5. The molecule has 6 aromatic rings. The predicted octanol–water partition coefficient (Wildman–Crippen LogP) is 5.92. The van der Waals surface area contributed by atoms with Gasteiger partial charge in [0.05, 0.1) is 0 Å². The molecule has 0 fully saturated rings. The van der Waals surface area contributed by atoms with E-state index in [1.54, 1.807) is 0 Å². The molecule has 2 nitrogen and oxygen atoms in total. The van der Waals surface area contributed by atoms with Crippen molar-refractivity contribution >= 4 is 86.1 Å². The van der Waals surface area contributed by atoms with Gasteiger partial charge in [-0.15, -0.1) is 0 Å². The molecule has 0 heterocycles. The van der Waals surface area contributed by atoms with Crippen LogP contribution in [-0.2, 0) is 17.7 Å². The third kappa shape index (κ3) is 11.7. The molecule has 0 saturated carbocycles. The van der Waals surface area contributed by atoms with Gasteiger partial charge in [-0.2, -0.15) is 0 Å². The summed E-state index contributed by atoms with van der Waals surface area (Å²) in [7, 11) is 0. The first-order chi connectivity index (χ1) is 22.0. The molecule has 0 amide bonds. The molecule has 0 N–H and O–H groups in total. The van der Waals surface area contributed by atoms with Crippen LogP contribution in [0.2, 0.25) is 0 Å². The zero-order valence-electron chi connectivity index (χ0n) is 24.1. The van der Waals surface area contributed by atoms with Crippen LogP contribution in [-0.4, -0.2) is 36.8 Å². The van der Waals surface area contributed by atoms with Crippen molar-refractivity contribution in [3.8, 4) is 0 Å². The summed E-state index contributed by atoms with van der Waals surface area (Å²) in [6.07, 6.45) is 0. The molecule has 0 aromatic heterocycles. The van der Waals surface area contributed by atoms with Gasteiger partial charge >= 0.3 is 295 Å². The first kappa shape index (κ1) is 34.9. The Morgan fingerprint density at radius 1 is 0.333 bits per heavy atom. The number of carbonyl (C=O) groups is 2. The number of halogens is 2. The molecule has 228 valence electrons. The average Bonchev–Trinajstić information content (AvgIpc) is 3.08. The summed E-state index contributed by atoms with van der Waals surface area (Å²) < 4.78 is 7.71. The molecule has 0 bridgehead atoms. The van der Waals surface area contributed by atoms with Crippen LogP contribution in [0.3, 0.4) is 0 Å². The van der Waals surface area contributed by atoms with Crippen LogP contribution in [0, 0.1) is 0 Å². The summed E-state index contributed by atoms with van der Waals surface area (Å²) in [4.78, 5) is 19.6. The van der Waals surface area contributed by atoms with Crippen molar-refractivity contribution in [2.24, 2.45) is 0 Å². The second-order valence-electron chi connectivity index (χ2n) is 9.20. The van der Waals surface area contributed by atoms with Gasteiger partial charge in [-0.1, -0.05) is 0 Å². The quantitative estimate of drug-likeness (QED) is 0.141. The number of rotatable bonds is 8. The molecule has 0 spiro atoms. The zero-order valence-corrected chi connectivity index (χ0v) is 31.9. The van der Waals surface area contributed by atoms with Crippen molar-refractivity contribution in [3.05, 3.63) is 182 Å². The first-order valence-electron chi connectivity index (χ1n) is 13.9. The predicted molar refractivity (Wildman–Crippen MR) is 192 cm³/mol. The Balaban J connectivity index is 0.000000170. The van der Waals surface area contributed by atoms with Crippen LogP contribution in [0.4, 0.5) is 9.59 Å². The van der Waals surface area contributed by atoms with E-state index >= 15 is 0 Å². The van der Waals surface area contributed by atoms with Crippen LogP contribution < -0.4 is 26.1 Å². The molecule has 6 rings (SSSR count). The van der Waals surface area contributed by atoms with Gasteiger partial charge in [0.25, 0.3) is 0 Å². The molecule has 6 aromatic carbocycles. The summed E-state index contributed by atoms with van der Waals surface area (Å²) in [6, 6.07) is 65.4. The number of hydrogen-bond acceptors (Lipinski definition) is 2. The minimum absolute atomic E-state index is 0.583. The zero-order chi connectivity index (χ0) is 31.7. The Morgan fingerprint density at radius 2 is 0.489 bits per heavy atom. The van der Waals surface area contributed by atoms with Crippen LogP contribution in [0.15, 0.2) is 182 Å². The molecular formula is C38H31As2Cl2IrO2. The summed E-state index contributed by atoms with van der Waals surface area (Å²) in [6.45, 7) is 0. The van der Waals surface area contributed by atoms with Gasteiger partial charge in [-0.25, -0.2) is 0 Å². The molecule has 0 unspecified atom stereocenters. The van der Waals surface area contributed by atoms with Gasteiger partial charge in [-0.05, 0) is 0 Å². The Hall–Kier alpha value is -2.99. The monoisotopic (exact) mass is 932 g/mol.